The fourth-order valence-corrected chi connectivity index (χ4v) is 3.46. The van der Waals surface area contributed by atoms with Gasteiger partial charge in [-0.05, 0) is 36.4 Å². The number of ether oxygens (including phenoxy) is 2. The highest BCUT2D eigenvalue weighted by molar-refractivity contribution is 9.10. The predicted molar refractivity (Wildman–Crippen MR) is 108 cm³/mol. The van der Waals surface area contributed by atoms with Gasteiger partial charge in [0.15, 0.2) is 0 Å². The molecule has 130 valence electrons. The van der Waals surface area contributed by atoms with Crippen molar-refractivity contribution in [3.05, 3.63) is 62.9 Å². The first kappa shape index (κ1) is 18.2. The molecule has 0 aliphatic carbocycles. The fraction of sp³-hybridized carbons (Fsp3) is 0.100. The van der Waals surface area contributed by atoms with Crippen molar-refractivity contribution in [2.24, 2.45) is 0 Å². The normalized spacial score (nSPS) is 11.1. The van der Waals surface area contributed by atoms with E-state index in [4.69, 9.17) is 9.47 Å². The second kappa shape index (κ2) is 8.17. The van der Waals surface area contributed by atoms with E-state index in [9.17, 15) is 5.26 Å². The zero-order valence-electron chi connectivity index (χ0n) is 14.2. The third-order valence-corrected chi connectivity index (χ3v) is 5.14. The predicted octanol–water partition coefficient (Wildman–Crippen LogP) is 5.65. The first-order valence-corrected chi connectivity index (χ1v) is 9.37. The molecule has 0 saturated heterocycles. The van der Waals surface area contributed by atoms with Crippen molar-refractivity contribution in [2.45, 2.75) is 0 Å². The third kappa shape index (κ3) is 3.96. The van der Waals surface area contributed by atoms with Crippen LogP contribution in [0.15, 0.2) is 52.3 Å². The molecule has 0 saturated carbocycles. The van der Waals surface area contributed by atoms with Gasteiger partial charge in [0, 0.05) is 21.0 Å². The zero-order chi connectivity index (χ0) is 18.5. The van der Waals surface area contributed by atoms with Gasteiger partial charge in [0.25, 0.3) is 0 Å². The van der Waals surface area contributed by atoms with Crippen LogP contribution in [0.2, 0.25) is 0 Å². The second-order valence-electron chi connectivity index (χ2n) is 5.32. The van der Waals surface area contributed by atoms with Crippen LogP contribution in [0.5, 0.6) is 11.5 Å². The number of rotatable bonds is 5. The third-order valence-electron chi connectivity index (χ3n) is 3.73. The van der Waals surface area contributed by atoms with Gasteiger partial charge >= 0.3 is 0 Å². The van der Waals surface area contributed by atoms with Crippen LogP contribution in [0, 0.1) is 11.3 Å². The van der Waals surface area contributed by atoms with Crippen molar-refractivity contribution in [2.75, 3.05) is 14.2 Å². The van der Waals surface area contributed by atoms with Gasteiger partial charge in [-0.1, -0.05) is 28.1 Å². The summed E-state index contributed by atoms with van der Waals surface area (Å²) in [6.07, 6.45) is 1.77. The Kier molecular flexibility index (Phi) is 5.71. The van der Waals surface area contributed by atoms with Crippen LogP contribution < -0.4 is 9.47 Å². The number of nitriles is 1. The van der Waals surface area contributed by atoms with Gasteiger partial charge in [0.2, 0.25) is 0 Å². The van der Waals surface area contributed by atoms with Crippen LogP contribution in [-0.4, -0.2) is 19.2 Å². The van der Waals surface area contributed by atoms with Crippen LogP contribution in [0.4, 0.5) is 0 Å². The molecule has 4 nitrogen and oxygen atoms in total. The summed E-state index contributed by atoms with van der Waals surface area (Å²) in [5, 5.41) is 12.2. The summed E-state index contributed by atoms with van der Waals surface area (Å²) < 4.78 is 11.7. The summed E-state index contributed by atoms with van der Waals surface area (Å²) in [5.74, 6) is 1.37. The molecule has 0 radical (unpaired) electrons. The molecule has 0 fully saturated rings. The Bertz CT molecular complexity index is 988. The van der Waals surface area contributed by atoms with Gasteiger partial charge in [-0.2, -0.15) is 5.26 Å². The fourth-order valence-electron chi connectivity index (χ4n) is 2.40. The minimum Gasteiger partial charge on any atom is -0.497 e. The summed E-state index contributed by atoms with van der Waals surface area (Å²) in [4.78, 5) is 4.62. The molecule has 1 aromatic heterocycles. The molecule has 0 atom stereocenters. The summed E-state index contributed by atoms with van der Waals surface area (Å²) in [6, 6.07) is 15.6. The van der Waals surface area contributed by atoms with E-state index in [1.165, 1.54) is 11.3 Å². The van der Waals surface area contributed by atoms with E-state index < -0.39 is 0 Å². The lowest BCUT2D eigenvalue weighted by Gasteiger charge is -2.07. The van der Waals surface area contributed by atoms with E-state index in [1.807, 2.05) is 47.8 Å². The Balaban J connectivity index is 1.99. The molecule has 0 unspecified atom stereocenters. The highest BCUT2D eigenvalue weighted by atomic mass is 79.9. The lowest BCUT2D eigenvalue weighted by molar-refractivity contribution is 0.402. The Morgan fingerprint density at radius 2 is 1.92 bits per heavy atom. The van der Waals surface area contributed by atoms with E-state index in [-0.39, 0.29) is 0 Å². The monoisotopic (exact) mass is 426 g/mol. The van der Waals surface area contributed by atoms with E-state index >= 15 is 0 Å². The van der Waals surface area contributed by atoms with Crippen molar-refractivity contribution >= 4 is 38.9 Å². The maximum atomic E-state index is 9.62. The van der Waals surface area contributed by atoms with Gasteiger partial charge in [0.05, 0.1) is 25.5 Å². The second-order valence-corrected chi connectivity index (χ2v) is 7.10. The Morgan fingerprint density at radius 3 is 2.58 bits per heavy atom. The molecule has 0 N–H and O–H groups in total. The number of nitrogens with zero attached hydrogens (tertiary/aromatic N) is 2. The van der Waals surface area contributed by atoms with Crippen molar-refractivity contribution < 1.29 is 9.47 Å². The number of benzene rings is 2. The molecule has 3 aromatic rings. The number of thiazole rings is 1. The molecule has 0 aliphatic heterocycles. The SMILES string of the molecule is COc1ccc(OC)c(/C=C(\C#N)c2nc(-c3ccc(Br)cc3)cs2)c1. The number of hydrogen-bond donors (Lipinski definition) is 0. The van der Waals surface area contributed by atoms with Crippen LogP contribution in [0.1, 0.15) is 10.6 Å². The summed E-state index contributed by atoms with van der Waals surface area (Å²) >= 11 is 4.87. The Hall–Kier alpha value is -2.62. The highest BCUT2D eigenvalue weighted by Crippen LogP contribution is 2.31. The van der Waals surface area contributed by atoms with E-state index in [0.29, 0.717) is 22.1 Å². The molecule has 1 heterocycles. The molecule has 6 heteroatoms. The Morgan fingerprint density at radius 1 is 1.15 bits per heavy atom. The van der Waals surface area contributed by atoms with Gasteiger partial charge in [0.1, 0.15) is 22.6 Å². The van der Waals surface area contributed by atoms with Crippen molar-refractivity contribution in [3.63, 3.8) is 0 Å². The number of aromatic nitrogens is 1. The van der Waals surface area contributed by atoms with Crippen molar-refractivity contribution in [1.82, 2.24) is 4.98 Å². The van der Waals surface area contributed by atoms with Crippen molar-refractivity contribution in [3.8, 4) is 28.8 Å². The van der Waals surface area contributed by atoms with Crippen LogP contribution in [0.25, 0.3) is 22.9 Å². The molecule has 0 bridgehead atoms. The molecule has 0 amide bonds. The van der Waals surface area contributed by atoms with Gasteiger partial charge in [-0.15, -0.1) is 11.3 Å². The lowest BCUT2D eigenvalue weighted by Crippen LogP contribution is -1.90. The summed E-state index contributed by atoms with van der Waals surface area (Å²) in [7, 11) is 3.20. The lowest BCUT2D eigenvalue weighted by atomic mass is 10.1. The number of hydrogen-bond acceptors (Lipinski definition) is 5. The highest BCUT2D eigenvalue weighted by Gasteiger charge is 2.11. The zero-order valence-corrected chi connectivity index (χ0v) is 16.6. The smallest absolute Gasteiger partial charge is 0.134 e. The molecular weight excluding hydrogens is 412 g/mol. The largest absolute Gasteiger partial charge is 0.497 e. The van der Waals surface area contributed by atoms with E-state index in [2.05, 4.69) is 27.0 Å². The van der Waals surface area contributed by atoms with Crippen LogP contribution in [-0.2, 0) is 0 Å². The number of allylic oxidation sites excluding steroid dienone is 1. The number of halogens is 1. The minimum atomic E-state index is 0.477. The minimum absolute atomic E-state index is 0.477. The molecule has 3 rings (SSSR count). The number of methoxy groups -OCH3 is 2. The topological polar surface area (TPSA) is 55.1 Å². The summed E-state index contributed by atoms with van der Waals surface area (Å²) in [5.41, 5.74) is 3.09. The molecule has 2 aromatic carbocycles. The van der Waals surface area contributed by atoms with Crippen LogP contribution >= 0.6 is 27.3 Å². The Labute approximate surface area is 164 Å². The van der Waals surface area contributed by atoms with E-state index in [0.717, 1.165) is 21.3 Å². The first-order valence-electron chi connectivity index (χ1n) is 7.70. The average molecular weight is 427 g/mol. The first-order chi connectivity index (χ1) is 12.6. The molecule has 26 heavy (non-hydrogen) atoms. The average Bonchev–Trinajstić information content (AvgIpc) is 3.16. The maximum absolute atomic E-state index is 9.62. The summed E-state index contributed by atoms with van der Waals surface area (Å²) in [6.45, 7) is 0. The van der Waals surface area contributed by atoms with Crippen LogP contribution in [0.3, 0.4) is 0 Å². The van der Waals surface area contributed by atoms with Gasteiger partial charge < -0.3 is 9.47 Å². The van der Waals surface area contributed by atoms with Gasteiger partial charge in [-0.3, -0.25) is 0 Å². The van der Waals surface area contributed by atoms with Crippen molar-refractivity contribution in [1.29, 1.82) is 5.26 Å². The standard InChI is InChI=1S/C20H15BrN2O2S/c1-24-17-7-8-19(25-2)14(10-17)9-15(11-22)20-23-18(12-26-20)13-3-5-16(21)6-4-13/h3-10,12H,1-2H3/b15-9+. The molecular formula is C20H15BrN2O2S. The van der Waals surface area contributed by atoms with Gasteiger partial charge in [-0.25, -0.2) is 4.98 Å². The maximum Gasteiger partial charge on any atom is 0.134 e. The van der Waals surface area contributed by atoms with E-state index in [1.54, 1.807) is 20.3 Å². The quantitative estimate of drug-likeness (QED) is 0.494. The molecule has 0 spiro atoms. The molecule has 0 aliphatic rings.